The maximum absolute atomic E-state index is 12.7. The van der Waals surface area contributed by atoms with Gasteiger partial charge in [0.2, 0.25) is 0 Å². The summed E-state index contributed by atoms with van der Waals surface area (Å²) in [6, 6.07) is 12.7. The van der Waals surface area contributed by atoms with E-state index in [2.05, 4.69) is 26.2 Å². The fourth-order valence-electron chi connectivity index (χ4n) is 2.48. The number of pyridine rings is 1. The molecule has 0 radical (unpaired) electrons. The van der Waals surface area contributed by atoms with Crippen LogP contribution in [0.5, 0.6) is 0 Å². The van der Waals surface area contributed by atoms with Gasteiger partial charge in [-0.05, 0) is 53.2 Å². The van der Waals surface area contributed by atoms with Gasteiger partial charge in [0, 0.05) is 15.6 Å². The van der Waals surface area contributed by atoms with E-state index >= 15 is 0 Å². The monoisotopic (exact) mass is 460 g/mol. The number of methoxy groups -OCH3 is 1. The van der Waals surface area contributed by atoms with Crippen molar-refractivity contribution < 1.29 is 18.7 Å². The molecule has 28 heavy (non-hydrogen) atoms. The molecule has 0 aliphatic carbocycles. The first kappa shape index (κ1) is 20.2. The van der Waals surface area contributed by atoms with Gasteiger partial charge in [-0.1, -0.05) is 23.9 Å². The summed E-state index contributed by atoms with van der Waals surface area (Å²) in [4.78, 5) is 29.5. The average Bonchev–Trinajstić information content (AvgIpc) is 3.08. The van der Waals surface area contributed by atoms with Crippen molar-refractivity contribution in [2.75, 3.05) is 7.11 Å². The Morgan fingerprint density at radius 1 is 1.21 bits per heavy atom. The van der Waals surface area contributed by atoms with Crippen LogP contribution in [0.4, 0.5) is 0 Å². The van der Waals surface area contributed by atoms with Gasteiger partial charge < -0.3 is 14.5 Å². The molecule has 1 amide bonds. The van der Waals surface area contributed by atoms with Crippen LogP contribution in [0.1, 0.15) is 32.2 Å². The lowest BCUT2D eigenvalue weighted by atomic mass is 10.2. The zero-order valence-corrected chi connectivity index (χ0v) is 17.6. The van der Waals surface area contributed by atoms with Gasteiger partial charge in [-0.15, -0.1) is 0 Å². The molecule has 1 N–H and O–H groups in total. The fraction of sp³-hybridized carbons (Fsp3) is 0.150. The Bertz CT molecular complexity index is 1000. The second-order valence-electron chi connectivity index (χ2n) is 5.77. The number of carbonyl (C=O) groups excluding carboxylic acids is 2. The van der Waals surface area contributed by atoms with Crippen LogP contribution in [0.2, 0.25) is 0 Å². The first-order chi connectivity index (χ1) is 13.5. The molecule has 144 valence electrons. The molecule has 3 aromatic rings. The van der Waals surface area contributed by atoms with E-state index in [-0.39, 0.29) is 12.5 Å². The van der Waals surface area contributed by atoms with Gasteiger partial charge in [0.25, 0.3) is 5.91 Å². The van der Waals surface area contributed by atoms with Gasteiger partial charge in [0.05, 0.1) is 19.2 Å². The van der Waals surface area contributed by atoms with E-state index in [0.717, 1.165) is 14.4 Å². The fourth-order valence-corrected chi connectivity index (χ4v) is 3.60. The van der Waals surface area contributed by atoms with Crippen molar-refractivity contribution in [2.24, 2.45) is 0 Å². The number of hydrogen-bond acceptors (Lipinski definition) is 6. The molecule has 0 aliphatic heterocycles. The Morgan fingerprint density at radius 3 is 2.71 bits per heavy atom. The number of nitrogens with one attached hydrogen (secondary N) is 1. The highest BCUT2D eigenvalue weighted by molar-refractivity contribution is 9.10. The predicted octanol–water partition coefficient (Wildman–Crippen LogP) is 4.61. The smallest absolute Gasteiger partial charge is 0.341 e. The SMILES string of the molecule is COC(=O)c1cc(CNC(=O)c2ccccc2Sc2ccc(Br)cn2)oc1C. The van der Waals surface area contributed by atoms with Crippen LogP contribution in [0.3, 0.4) is 0 Å². The van der Waals surface area contributed by atoms with Gasteiger partial charge >= 0.3 is 5.97 Å². The number of aryl methyl sites for hydroxylation is 1. The van der Waals surface area contributed by atoms with Gasteiger partial charge in [-0.25, -0.2) is 9.78 Å². The Hall–Kier alpha value is -2.58. The maximum atomic E-state index is 12.7. The number of ether oxygens (including phenoxy) is 1. The summed E-state index contributed by atoms with van der Waals surface area (Å²) in [6.07, 6.45) is 1.71. The Labute approximate surface area is 174 Å². The molecule has 0 saturated carbocycles. The first-order valence-electron chi connectivity index (χ1n) is 8.32. The molecular weight excluding hydrogens is 444 g/mol. The third-order valence-corrected chi connectivity index (χ3v) is 5.34. The molecule has 6 nitrogen and oxygen atoms in total. The zero-order chi connectivity index (χ0) is 20.1. The number of benzene rings is 1. The summed E-state index contributed by atoms with van der Waals surface area (Å²) >= 11 is 4.77. The number of rotatable bonds is 6. The number of halogens is 1. The minimum atomic E-state index is -0.470. The Morgan fingerprint density at radius 2 is 2.00 bits per heavy atom. The number of esters is 1. The Kier molecular flexibility index (Phi) is 6.53. The summed E-state index contributed by atoms with van der Waals surface area (Å²) in [5.74, 6) is 0.218. The zero-order valence-electron chi connectivity index (χ0n) is 15.2. The molecule has 2 heterocycles. The van der Waals surface area contributed by atoms with Crippen LogP contribution < -0.4 is 5.32 Å². The van der Waals surface area contributed by atoms with Gasteiger partial charge in [-0.2, -0.15) is 0 Å². The minimum absolute atomic E-state index is 0.159. The average molecular weight is 461 g/mol. The molecule has 0 bridgehead atoms. The number of hydrogen-bond donors (Lipinski definition) is 1. The largest absolute Gasteiger partial charge is 0.465 e. The van der Waals surface area contributed by atoms with Gasteiger partial charge in [-0.3, -0.25) is 4.79 Å². The lowest BCUT2D eigenvalue weighted by Crippen LogP contribution is -2.23. The van der Waals surface area contributed by atoms with E-state index in [4.69, 9.17) is 9.15 Å². The quantitative estimate of drug-likeness (QED) is 0.540. The van der Waals surface area contributed by atoms with Crippen LogP contribution in [-0.2, 0) is 11.3 Å². The number of furan rings is 1. The van der Waals surface area contributed by atoms with Crippen molar-refractivity contribution in [1.82, 2.24) is 10.3 Å². The van der Waals surface area contributed by atoms with Gasteiger partial charge in [0.1, 0.15) is 22.1 Å². The standard InChI is InChI=1S/C20H17BrN2O4S/c1-12-16(20(25)26-2)9-14(27-12)11-23-19(24)15-5-3-4-6-17(15)28-18-8-7-13(21)10-22-18/h3-10H,11H2,1-2H3,(H,23,24). The second kappa shape index (κ2) is 9.07. The van der Waals surface area contributed by atoms with E-state index < -0.39 is 5.97 Å². The summed E-state index contributed by atoms with van der Waals surface area (Å²) in [5.41, 5.74) is 0.887. The topological polar surface area (TPSA) is 81.4 Å². The second-order valence-corrected chi connectivity index (χ2v) is 7.75. The lowest BCUT2D eigenvalue weighted by molar-refractivity contribution is 0.0598. The van der Waals surface area contributed by atoms with Crippen LogP contribution in [0.25, 0.3) is 0 Å². The minimum Gasteiger partial charge on any atom is -0.465 e. The first-order valence-corrected chi connectivity index (χ1v) is 9.93. The molecule has 0 unspecified atom stereocenters. The molecule has 0 spiro atoms. The predicted molar refractivity (Wildman–Crippen MR) is 108 cm³/mol. The molecule has 1 aromatic carbocycles. The third kappa shape index (κ3) is 4.82. The van der Waals surface area contributed by atoms with Crippen LogP contribution in [0, 0.1) is 6.92 Å². The Balaban J connectivity index is 1.71. The third-order valence-electron chi connectivity index (χ3n) is 3.84. The number of aromatic nitrogens is 1. The molecule has 8 heteroatoms. The van der Waals surface area contributed by atoms with Crippen molar-refractivity contribution in [3.05, 3.63) is 75.8 Å². The number of carbonyl (C=O) groups is 2. The molecular formula is C20H17BrN2O4S. The van der Waals surface area contributed by atoms with Gasteiger partial charge in [0.15, 0.2) is 0 Å². The summed E-state index contributed by atoms with van der Waals surface area (Å²) in [7, 11) is 1.31. The highest BCUT2D eigenvalue weighted by Crippen LogP contribution is 2.29. The van der Waals surface area contributed by atoms with Crippen molar-refractivity contribution in [3.8, 4) is 0 Å². The summed E-state index contributed by atoms with van der Waals surface area (Å²) in [6.45, 7) is 1.83. The summed E-state index contributed by atoms with van der Waals surface area (Å²) < 4.78 is 11.1. The lowest BCUT2D eigenvalue weighted by Gasteiger charge is -2.09. The van der Waals surface area contributed by atoms with E-state index in [1.807, 2.05) is 24.3 Å². The molecule has 0 saturated heterocycles. The van der Waals surface area contributed by atoms with Crippen LogP contribution >= 0.6 is 27.7 Å². The maximum Gasteiger partial charge on any atom is 0.341 e. The van der Waals surface area contributed by atoms with Crippen LogP contribution in [0.15, 0.2) is 67.5 Å². The molecule has 2 aromatic heterocycles. The van der Waals surface area contributed by atoms with E-state index in [0.29, 0.717) is 22.6 Å². The molecule has 3 rings (SSSR count). The molecule has 0 atom stereocenters. The van der Waals surface area contributed by atoms with Crippen molar-refractivity contribution in [3.63, 3.8) is 0 Å². The molecule has 0 fully saturated rings. The van der Waals surface area contributed by atoms with E-state index in [1.54, 1.807) is 31.3 Å². The van der Waals surface area contributed by atoms with E-state index in [1.165, 1.54) is 18.9 Å². The van der Waals surface area contributed by atoms with Crippen molar-refractivity contribution in [2.45, 2.75) is 23.4 Å². The number of nitrogens with zero attached hydrogens (tertiary/aromatic N) is 1. The van der Waals surface area contributed by atoms with E-state index in [9.17, 15) is 9.59 Å². The van der Waals surface area contributed by atoms with Crippen LogP contribution in [-0.4, -0.2) is 24.0 Å². The van der Waals surface area contributed by atoms with Crippen molar-refractivity contribution in [1.29, 1.82) is 0 Å². The van der Waals surface area contributed by atoms with Crippen molar-refractivity contribution >= 4 is 39.6 Å². The number of amides is 1. The highest BCUT2D eigenvalue weighted by atomic mass is 79.9. The summed E-state index contributed by atoms with van der Waals surface area (Å²) in [5, 5.41) is 3.61. The molecule has 0 aliphatic rings. The highest BCUT2D eigenvalue weighted by Gasteiger charge is 2.17. The normalized spacial score (nSPS) is 10.5.